The quantitative estimate of drug-likeness (QED) is 0.476. The van der Waals surface area contributed by atoms with Crippen LogP contribution >= 0.6 is 0 Å². The number of amides is 1. The van der Waals surface area contributed by atoms with Crippen molar-refractivity contribution in [2.75, 3.05) is 6.26 Å². The van der Waals surface area contributed by atoms with Crippen molar-refractivity contribution in [3.05, 3.63) is 59.3 Å². The molecule has 1 atom stereocenters. The lowest BCUT2D eigenvalue weighted by atomic mass is 9.72. The van der Waals surface area contributed by atoms with Gasteiger partial charge in [-0.1, -0.05) is 32.0 Å². The van der Waals surface area contributed by atoms with Gasteiger partial charge in [-0.2, -0.15) is 13.2 Å². The number of hydrogen-bond donors (Lipinski definition) is 3. The first kappa shape index (κ1) is 24.7. The number of carbonyl (C=O) groups is 1. The van der Waals surface area contributed by atoms with Gasteiger partial charge >= 0.3 is 6.18 Å². The molecule has 11 heteroatoms. The normalized spacial score (nSPS) is 14.9. The van der Waals surface area contributed by atoms with Gasteiger partial charge in [-0.3, -0.25) is 4.79 Å². The number of nitrogens with one attached hydrogen (secondary N) is 1. The third-order valence-corrected chi connectivity index (χ3v) is 6.54. The van der Waals surface area contributed by atoms with E-state index < -0.39 is 45.8 Å². The summed E-state index contributed by atoms with van der Waals surface area (Å²) >= 11 is 0. The van der Waals surface area contributed by atoms with E-state index in [4.69, 9.17) is 5.73 Å². The molecule has 0 saturated heterocycles. The SMILES string of the molecule is CC(C)(C[C@@](O)(Cc1cc2nc(S(C)(=O)=O)ccc2[nH]1)C(F)(F)F)c1ccccc1C(N)=O. The van der Waals surface area contributed by atoms with Gasteiger partial charge in [0.25, 0.3) is 0 Å². The van der Waals surface area contributed by atoms with Gasteiger partial charge in [-0.25, -0.2) is 13.4 Å². The van der Waals surface area contributed by atoms with Crippen molar-refractivity contribution in [1.29, 1.82) is 0 Å². The van der Waals surface area contributed by atoms with Crippen molar-refractivity contribution >= 4 is 26.8 Å². The van der Waals surface area contributed by atoms with Crippen LogP contribution in [-0.2, 0) is 21.7 Å². The smallest absolute Gasteiger partial charge is 0.380 e. The van der Waals surface area contributed by atoms with E-state index in [1.807, 2.05) is 0 Å². The number of benzene rings is 1. The highest BCUT2D eigenvalue weighted by atomic mass is 32.2. The van der Waals surface area contributed by atoms with Crippen molar-refractivity contribution in [2.45, 2.75) is 48.9 Å². The van der Waals surface area contributed by atoms with Crippen LogP contribution < -0.4 is 5.73 Å². The molecule has 2 aromatic heterocycles. The van der Waals surface area contributed by atoms with E-state index in [2.05, 4.69) is 9.97 Å². The second kappa shape index (κ2) is 8.14. The Balaban J connectivity index is 2.01. The number of aromatic amines is 1. The Morgan fingerprint density at radius 1 is 1.15 bits per heavy atom. The lowest BCUT2D eigenvalue weighted by Crippen LogP contribution is -2.51. The van der Waals surface area contributed by atoms with Crippen LogP contribution in [0.25, 0.3) is 11.0 Å². The Morgan fingerprint density at radius 3 is 2.36 bits per heavy atom. The summed E-state index contributed by atoms with van der Waals surface area (Å²) in [4.78, 5) is 18.5. The minimum atomic E-state index is -5.01. The molecule has 1 amide bonds. The maximum Gasteiger partial charge on any atom is 0.417 e. The number of rotatable bonds is 7. The molecular formula is C22H24F3N3O4S. The summed E-state index contributed by atoms with van der Waals surface area (Å²) in [6.45, 7) is 2.99. The van der Waals surface area contributed by atoms with Gasteiger partial charge in [0.2, 0.25) is 5.91 Å². The van der Waals surface area contributed by atoms with Crippen LogP contribution in [0.15, 0.2) is 47.5 Å². The molecule has 33 heavy (non-hydrogen) atoms. The topological polar surface area (TPSA) is 126 Å². The van der Waals surface area contributed by atoms with Gasteiger partial charge in [0.1, 0.15) is 0 Å². The number of primary amides is 1. The van der Waals surface area contributed by atoms with E-state index >= 15 is 0 Å². The Kier molecular flexibility index (Phi) is 6.10. The zero-order valence-electron chi connectivity index (χ0n) is 18.2. The fraction of sp³-hybridized carbons (Fsp3) is 0.364. The summed E-state index contributed by atoms with van der Waals surface area (Å²) < 4.78 is 65.8. The van der Waals surface area contributed by atoms with Gasteiger partial charge in [0.05, 0.1) is 11.0 Å². The molecular weight excluding hydrogens is 459 g/mol. The lowest BCUT2D eigenvalue weighted by molar-refractivity contribution is -0.266. The summed E-state index contributed by atoms with van der Waals surface area (Å²) in [5.41, 5.74) is 1.85. The molecule has 2 heterocycles. The van der Waals surface area contributed by atoms with E-state index in [9.17, 15) is 31.5 Å². The van der Waals surface area contributed by atoms with Crippen LogP contribution in [0.5, 0.6) is 0 Å². The molecule has 0 aliphatic heterocycles. The fourth-order valence-corrected chi connectivity index (χ4v) is 4.62. The lowest BCUT2D eigenvalue weighted by Gasteiger charge is -2.38. The molecule has 7 nitrogen and oxygen atoms in total. The molecule has 0 bridgehead atoms. The summed E-state index contributed by atoms with van der Waals surface area (Å²) in [7, 11) is -3.60. The fourth-order valence-electron chi connectivity index (χ4n) is 4.04. The van der Waals surface area contributed by atoms with Crippen LogP contribution in [0.2, 0.25) is 0 Å². The van der Waals surface area contributed by atoms with E-state index in [1.165, 1.54) is 44.2 Å². The Bertz CT molecular complexity index is 1320. The summed E-state index contributed by atoms with van der Waals surface area (Å²) in [6.07, 6.45) is -5.62. The Labute approximate surface area is 188 Å². The highest BCUT2D eigenvalue weighted by Crippen LogP contribution is 2.43. The highest BCUT2D eigenvalue weighted by Gasteiger charge is 2.56. The standard InChI is InChI=1S/C22H24F3N3O4S/c1-20(2,15-7-5-4-6-14(15)19(26)29)12-21(30,22(23,24)25)11-13-10-17-16(27-13)8-9-18(28-17)33(3,31)32/h4-10,27,30H,11-12H2,1-3H3,(H2,26,29)/t21-/m0/s1. The second-order valence-corrected chi connectivity index (χ2v) is 10.8. The molecule has 0 saturated carbocycles. The molecule has 3 rings (SSSR count). The van der Waals surface area contributed by atoms with Crippen LogP contribution in [0.1, 0.15) is 41.9 Å². The zero-order chi connectivity index (χ0) is 24.8. The predicted molar refractivity (Wildman–Crippen MR) is 117 cm³/mol. The number of pyridine rings is 1. The monoisotopic (exact) mass is 483 g/mol. The number of aliphatic hydroxyl groups is 1. The van der Waals surface area contributed by atoms with Gasteiger partial charge in [-0.05, 0) is 41.7 Å². The predicted octanol–water partition coefficient (Wildman–Crippen LogP) is 3.27. The van der Waals surface area contributed by atoms with E-state index in [1.54, 1.807) is 12.1 Å². The maximum absolute atomic E-state index is 14.1. The summed E-state index contributed by atoms with van der Waals surface area (Å²) in [6, 6.07) is 10.0. The highest BCUT2D eigenvalue weighted by molar-refractivity contribution is 7.90. The second-order valence-electron chi connectivity index (χ2n) is 8.83. The first-order valence-corrected chi connectivity index (χ1v) is 11.8. The minimum Gasteiger partial charge on any atom is -0.380 e. The number of hydrogen-bond acceptors (Lipinski definition) is 5. The first-order chi connectivity index (χ1) is 15.0. The first-order valence-electron chi connectivity index (χ1n) is 9.91. The number of nitrogens with two attached hydrogens (primary N) is 1. The van der Waals surface area contributed by atoms with E-state index in [0.29, 0.717) is 5.52 Å². The van der Waals surface area contributed by atoms with Crippen LogP contribution in [0.4, 0.5) is 13.2 Å². The molecule has 3 aromatic rings. The van der Waals surface area contributed by atoms with Crippen LogP contribution in [-0.4, -0.2) is 47.4 Å². The molecule has 178 valence electrons. The number of halogens is 3. The molecule has 0 aliphatic rings. The third kappa shape index (κ3) is 5.03. The Hall–Kier alpha value is -2.92. The average Bonchev–Trinajstić information content (AvgIpc) is 3.07. The molecule has 4 N–H and O–H groups in total. The van der Waals surface area contributed by atoms with Crippen LogP contribution in [0.3, 0.4) is 0 Å². The van der Waals surface area contributed by atoms with Gasteiger partial charge < -0.3 is 15.8 Å². The van der Waals surface area contributed by atoms with Crippen molar-refractivity contribution in [3.8, 4) is 0 Å². The number of H-pyrrole nitrogens is 1. The number of alkyl halides is 3. The van der Waals surface area contributed by atoms with Gasteiger partial charge in [0.15, 0.2) is 20.5 Å². The van der Waals surface area contributed by atoms with Gasteiger partial charge in [0, 0.05) is 23.9 Å². The number of carbonyl (C=O) groups excluding carboxylic acids is 1. The molecule has 0 aliphatic carbocycles. The number of fused-ring (bicyclic) bond motifs is 1. The van der Waals surface area contributed by atoms with Crippen molar-refractivity contribution < 1.29 is 31.5 Å². The van der Waals surface area contributed by atoms with Gasteiger partial charge in [-0.15, -0.1) is 0 Å². The number of aromatic nitrogens is 2. The molecule has 0 spiro atoms. The largest absolute Gasteiger partial charge is 0.417 e. The van der Waals surface area contributed by atoms with Crippen LogP contribution in [0, 0.1) is 0 Å². The van der Waals surface area contributed by atoms with Crippen molar-refractivity contribution in [2.24, 2.45) is 5.73 Å². The molecule has 0 radical (unpaired) electrons. The Morgan fingerprint density at radius 2 is 1.79 bits per heavy atom. The molecule has 0 unspecified atom stereocenters. The molecule has 0 fully saturated rings. The summed E-state index contributed by atoms with van der Waals surface area (Å²) in [5.74, 6) is -0.780. The van der Waals surface area contributed by atoms with E-state index in [0.717, 1.165) is 6.26 Å². The van der Waals surface area contributed by atoms with Crippen molar-refractivity contribution in [1.82, 2.24) is 9.97 Å². The molecule has 1 aromatic carbocycles. The average molecular weight is 484 g/mol. The summed E-state index contributed by atoms with van der Waals surface area (Å²) in [5, 5.41) is 10.6. The number of sulfone groups is 1. The zero-order valence-corrected chi connectivity index (χ0v) is 19.0. The van der Waals surface area contributed by atoms with E-state index in [-0.39, 0.29) is 27.4 Å². The third-order valence-electron chi connectivity index (χ3n) is 5.55. The maximum atomic E-state index is 14.1. The minimum absolute atomic E-state index is 0.0296. The number of nitrogens with zero attached hydrogens (tertiary/aromatic N) is 1. The van der Waals surface area contributed by atoms with Crippen molar-refractivity contribution in [3.63, 3.8) is 0 Å².